The fourth-order valence-corrected chi connectivity index (χ4v) is 3.04. The smallest absolute Gasteiger partial charge is 0.220 e. The number of halogens is 1. The number of hydrogen-bond donors (Lipinski definition) is 1. The van der Waals surface area contributed by atoms with Crippen LogP contribution in [0.1, 0.15) is 44.6 Å². The highest BCUT2D eigenvalue weighted by atomic mass is 19.1. The highest BCUT2D eigenvalue weighted by molar-refractivity contribution is 5.76. The molecule has 1 aromatic rings. The molecule has 22 heavy (non-hydrogen) atoms. The number of benzene rings is 1. The zero-order valence-corrected chi connectivity index (χ0v) is 13.5. The molecule has 1 atom stereocenters. The van der Waals surface area contributed by atoms with Crippen molar-refractivity contribution in [2.24, 2.45) is 0 Å². The van der Waals surface area contributed by atoms with Gasteiger partial charge in [0, 0.05) is 25.6 Å². The highest BCUT2D eigenvalue weighted by Crippen LogP contribution is 2.16. The molecule has 1 amide bonds. The summed E-state index contributed by atoms with van der Waals surface area (Å²) in [5.41, 5.74) is 0.872. The van der Waals surface area contributed by atoms with Crippen LogP contribution in [0.4, 0.5) is 4.39 Å². The van der Waals surface area contributed by atoms with Crippen molar-refractivity contribution in [2.75, 3.05) is 19.6 Å². The molecule has 0 radical (unpaired) electrons. The average Bonchev–Trinajstić information content (AvgIpc) is 2.51. The second kappa shape index (κ2) is 8.89. The molecule has 2 rings (SSSR count). The van der Waals surface area contributed by atoms with Gasteiger partial charge in [0.2, 0.25) is 5.91 Å². The summed E-state index contributed by atoms with van der Waals surface area (Å²) >= 11 is 0. The van der Waals surface area contributed by atoms with Crippen molar-refractivity contribution in [1.82, 2.24) is 10.2 Å². The van der Waals surface area contributed by atoms with Gasteiger partial charge in [0.25, 0.3) is 0 Å². The number of amides is 1. The molecule has 1 aromatic carbocycles. The number of aryl methyl sites for hydroxylation is 1. The minimum Gasteiger partial charge on any atom is -0.356 e. The van der Waals surface area contributed by atoms with Gasteiger partial charge in [-0.1, -0.05) is 18.6 Å². The van der Waals surface area contributed by atoms with Crippen molar-refractivity contribution >= 4 is 5.91 Å². The lowest BCUT2D eigenvalue weighted by Crippen LogP contribution is -2.39. The second-order valence-electron chi connectivity index (χ2n) is 6.21. The van der Waals surface area contributed by atoms with Crippen LogP contribution in [-0.4, -0.2) is 36.5 Å². The van der Waals surface area contributed by atoms with Crippen LogP contribution in [0.15, 0.2) is 24.3 Å². The molecule has 0 aromatic heterocycles. The Balaban J connectivity index is 1.57. The number of carbonyl (C=O) groups excluding carboxylic acids is 1. The van der Waals surface area contributed by atoms with Crippen molar-refractivity contribution in [3.05, 3.63) is 35.6 Å². The molecule has 0 spiro atoms. The number of hydrogen-bond acceptors (Lipinski definition) is 2. The van der Waals surface area contributed by atoms with E-state index in [1.54, 1.807) is 6.07 Å². The Morgan fingerprint density at radius 3 is 3.05 bits per heavy atom. The molecule has 4 heteroatoms. The Hall–Kier alpha value is -1.42. The van der Waals surface area contributed by atoms with Crippen LogP contribution in [0.3, 0.4) is 0 Å². The number of nitrogens with zero attached hydrogens (tertiary/aromatic N) is 1. The van der Waals surface area contributed by atoms with Gasteiger partial charge in [-0.3, -0.25) is 4.79 Å². The average molecular weight is 306 g/mol. The van der Waals surface area contributed by atoms with Crippen LogP contribution in [0.5, 0.6) is 0 Å². The largest absolute Gasteiger partial charge is 0.356 e. The molecule has 3 nitrogen and oxygen atoms in total. The van der Waals surface area contributed by atoms with Crippen LogP contribution in [0.25, 0.3) is 0 Å². The molecule has 0 aliphatic carbocycles. The molecular weight excluding hydrogens is 279 g/mol. The summed E-state index contributed by atoms with van der Waals surface area (Å²) < 4.78 is 13.0. The molecule has 0 saturated carbocycles. The van der Waals surface area contributed by atoms with E-state index < -0.39 is 0 Å². The minimum atomic E-state index is -0.242. The van der Waals surface area contributed by atoms with Crippen LogP contribution in [-0.2, 0) is 11.2 Å². The standard InChI is InChI=1S/C18H27FN2O/c1-15-6-2-3-12-21(15)13-5-11-20-18(22)10-9-16-7-4-8-17(19)14-16/h4,7-8,14-15H,2-3,5-6,9-13H2,1H3,(H,20,22). The van der Waals surface area contributed by atoms with Gasteiger partial charge >= 0.3 is 0 Å². The van der Waals surface area contributed by atoms with Crippen LogP contribution in [0, 0.1) is 5.82 Å². The summed E-state index contributed by atoms with van der Waals surface area (Å²) in [5.74, 6) is -0.190. The first-order chi connectivity index (χ1) is 10.6. The van der Waals surface area contributed by atoms with E-state index >= 15 is 0 Å². The molecule has 1 N–H and O–H groups in total. The van der Waals surface area contributed by atoms with E-state index in [-0.39, 0.29) is 11.7 Å². The van der Waals surface area contributed by atoms with Crippen molar-refractivity contribution in [2.45, 2.75) is 51.5 Å². The zero-order valence-electron chi connectivity index (χ0n) is 13.5. The van der Waals surface area contributed by atoms with Gasteiger partial charge in [0.15, 0.2) is 0 Å². The zero-order chi connectivity index (χ0) is 15.8. The van der Waals surface area contributed by atoms with Crippen molar-refractivity contribution in [1.29, 1.82) is 0 Å². The maximum atomic E-state index is 13.0. The summed E-state index contributed by atoms with van der Waals surface area (Å²) in [6.45, 7) is 5.27. The third-order valence-corrected chi connectivity index (χ3v) is 4.41. The van der Waals surface area contributed by atoms with E-state index in [0.717, 1.165) is 25.1 Å². The number of rotatable bonds is 7. The van der Waals surface area contributed by atoms with Crippen LogP contribution in [0.2, 0.25) is 0 Å². The van der Waals surface area contributed by atoms with Gasteiger partial charge in [0.05, 0.1) is 0 Å². The molecule has 0 bridgehead atoms. The van der Waals surface area contributed by atoms with E-state index in [9.17, 15) is 9.18 Å². The van der Waals surface area contributed by atoms with Gasteiger partial charge < -0.3 is 10.2 Å². The summed E-state index contributed by atoms with van der Waals surface area (Å²) in [7, 11) is 0. The fourth-order valence-electron chi connectivity index (χ4n) is 3.04. The first-order valence-electron chi connectivity index (χ1n) is 8.40. The maximum absolute atomic E-state index is 13.0. The van der Waals surface area contributed by atoms with E-state index in [4.69, 9.17) is 0 Å². The summed E-state index contributed by atoms with van der Waals surface area (Å²) in [6, 6.07) is 7.13. The summed E-state index contributed by atoms with van der Waals surface area (Å²) in [5, 5.41) is 2.96. The van der Waals surface area contributed by atoms with Gasteiger partial charge in [-0.05, 0) is 56.8 Å². The van der Waals surface area contributed by atoms with E-state index in [1.165, 1.54) is 37.9 Å². The highest BCUT2D eigenvalue weighted by Gasteiger charge is 2.17. The number of carbonyl (C=O) groups is 1. The lowest BCUT2D eigenvalue weighted by atomic mass is 10.0. The minimum absolute atomic E-state index is 0.0518. The van der Waals surface area contributed by atoms with Gasteiger partial charge in [-0.15, -0.1) is 0 Å². The first-order valence-corrected chi connectivity index (χ1v) is 8.40. The lowest BCUT2D eigenvalue weighted by Gasteiger charge is -2.33. The molecule has 1 saturated heterocycles. The topological polar surface area (TPSA) is 32.3 Å². The lowest BCUT2D eigenvalue weighted by molar-refractivity contribution is -0.121. The fraction of sp³-hybridized carbons (Fsp3) is 0.611. The number of piperidine rings is 1. The predicted octanol–water partition coefficient (Wildman–Crippen LogP) is 3.14. The van der Waals surface area contributed by atoms with E-state index in [0.29, 0.717) is 18.9 Å². The molecule has 1 aliphatic rings. The molecular formula is C18H27FN2O. The predicted molar refractivity (Wildman–Crippen MR) is 87.2 cm³/mol. The third kappa shape index (κ3) is 5.76. The van der Waals surface area contributed by atoms with Gasteiger partial charge in [-0.2, -0.15) is 0 Å². The second-order valence-corrected chi connectivity index (χ2v) is 6.21. The quantitative estimate of drug-likeness (QED) is 0.785. The third-order valence-electron chi connectivity index (χ3n) is 4.41. The number of likely N-dealkylation sites (tertiary alicyclic amines) is 1. The molecule has 1 unspecified atom stereocenters. The Labute approximate surface area is 132 Å². The molecule has 1 fully saturated rings. The molecule has 1 heterocycles. The van der Waals surface area contributed by atoms with Gasteiger partial charge in [-0.25, -0.2) is 4.39 Å². The first kappa shape index (κ1) is 16.9. The maximum Gasteiger partial charge on any atom is 0.220 e. The molecule has 1 aliphatic heterocycles. The van der Waals surface area contributed by atoms with Crippen molar-refractivity contribution in [3.63, 3.8) is 0 Å². The Bertz CT molecular complexity index is 478. The summed E-state index contributed by atoms with van der Waals surface area (Å²) in [4.78, 5) is 14.3. The SMILES string of the molecule is CC1CCCCN1CCCNC(=O)CCc1cccc(F)c1. The van der Waals surface area contributed by atoms with E-state index in [2.05, 4.69) is 17.1 Å². The summed E-state index contributed by atoms with van der Waals surface area (Å²) in [6.07, 6.45) is 5.94. The normalized spacial score (nSPS) is 19.1. The van der Waals surface area contributed by atoms with E-state index in [1.807, 2.05) is 6.07 Å². The Morgan fingerprint density at radius 2 is 2.27 bits per heavy atom. The van der Waals surface area contributed by atoms with Crippen LogP contribution >= 0.6 is 0 Å². The molecule has 122 valence electrons. The Morgan fingerprint density at radius 1 is 1.41 bits per heavy atom. The number of nitrogens with one attached hydrogen (secondary N) is 1. The van der Waals surface area contributed by atoms with Crippen LogP contribution < -0.4 is 5.32 Å². The van der Waals surface area contributed by atoms with Crippen molar-refractivity contribution in [3.8, 4) is 0 Å². The van der Waals surface area contributed by atoms with Gasteiger partial charge in [0.1, 0.15) is 5.82 Å². The monoisotopic (exact) mass is 306 g/mol. The Kier molecular flexibility index (Phi) is 6.84. The van der Waals surface area contributed by atoms with Crippen molar-refractivity contribution < 1.29 is 9.18 Å².